The third-order valence-corrected chi connectivity index (χ3v) is 19.0. The van der Waals surface area contributed by atoms with Crippen molar-refractivity contribution in [1.82, 2.24) is 10.6 Å². The maximum Gasteiger partial charge on any atom is 0.408 e. The SMILES string of the molecule is CC(C)C1=C2[C@H]3CC[C@@H]4[C@@]5(C)CC[C@H](OC(=O)[C@@H]6C[C@H](Cc7ccccc7)C6(C)C)C(C)(C)[C@@H]5CC[C@@]4(C)[C@]3(C)CC[C@@]2(NC(=O)C2(NC(=O)OC(C)(C)C)CC2)CC1=O.O=C=O. The molecule has 10 nitrogen and oxygen atoms in total. The molecule has 63 heavy (non-hydrogen) atoms. The highest BCUT2D eigenvalue weighted by Gasteiger charge is 2.71. The van der Waals surface area contributed by atoms with Crippen molar-refractivity contribution in [3.05, 3.63) is 47.0 Å². The number of Topliss-reactive ketones (excluding diaryl/α,β-unsaturated/α-hetero) is 1. The number of benzene rings is 1. The maximum atomic E-state index is 14.3. The summed E-state index contributed by atoms with van der Waals surface area (Å²) in [6, 6.07) is 10.7. The summed E-state index contributed by atoms with van der Waals surface area (Å²) in [7, 11) is 0. The van der Waals surface area contributed by atoms with E-state index in [1.165, 1.54) is 11.1 Å². The molecule has 1 aromatic carbocycles. The van der Waals surface area contributed by atoms with Gasteiger partial charge in [-0.1, -0.05) is 92.6 Å². The summed E-state index contributed by atoms with van der Waals surface area (Å²) < 4.78 is 12.2. The topological polar surface area (TPSA) is 145 Å². The van der Waals surface area contributed by atoms with Gasteiger partial charge in [0.25, 0.3) is 0 Å². The Kier molecular flexibility index (Phi) is 12.0. The van der Waals surface area contributed by atoms with E-state index in [0.717, 1.165) is 69.8 Å². The van der Waals surface area contributed by atoms with Crippen molar-refractivity contribution in [3.63, 3.8) is 0 Å². The van der Waals surface area contributed by atoms with Gasteiger partial charge in [-0.3, -0.25) is 14.4 Å². The van der Waals surface area contributed by atoms with Gasteiger partial charge >= 0.3 is 18.2 Å². The third-order valence-electron chi connectivity index (χ3n) is 19.0. The summed E-state index contributed by atoms with van der Waals surface area (Å²) in [5, 5.41) is 6.42. The predicted molar refractivity (Wildman–Crippen MR) is 240 cm³/mol. The number of carbonyl (C=O) groups is 4. The highest BCUT2D eigenvalue weighted by atomic mass is 16.6. The van der Waals surface area contributed by atoms with Gasteiger partial charge in [0.15, 0.2) is 5.78 Å². The van der Waals surface area contributed by atoms with Crippen LogP contribution in [0.1, 0.15) is 166 Å². The summed E-state index contributed by atoms with van der Waals surface area (Å²) >= 11 is 0. The lowest BCUT2D eigenvalue weighted by Gasteiger charge is -2.72. The quantitative estimate of drug-likeness (QED) is 0.246. The van der Waals surface area contributed by atoms with E-state index in [-0.39, 0.29) is 74.7 Å². The van der Waals surface area contributed by atoms with Crippen LogP contribution in [0.25, 0.3) is 0 Å². The number of esters is 1. The fourth-order valence-electron chi connectivity index (χ4n) is 15.2. The van der Waals surface area contributed by atoms with Gasteiger partial charge in [0.05, 0.1) is 11.5 Å². The van der Waals surface area contributed by atoms with Crippen LogP contribution >= 0.6 is 0 Å². The minimum atomic E-state index is -0.998. The first-order valence-electron chi connectivity index (χ1n) is 24.1. The maximum absolute atomic E-state index is 14.3. The average Bonchev–Trinajstić information content (AvgIpc) is 3.89. The lowest BCUT2D eigenvalue weighted by atomic mass is 9.33. The number of ketones is 1. The fraction of sp³-hybridized carbons (Fsp3) is 0.755. The second-order valence-corrected chi connectivity index (χ2v) is 24.3. The molecule has 2 N–H and O–H groups in total. The number of hydrogen-bond acceptors (Lipinski definition) is 8. The highest BCUT2D eigenvalue weighted by Crippen LogP contribution is 2.76. The molecule has 6 saturated carbocycles. The Bertz CT molecular complexity index is 2050. The number of rotatable bonds is 8. The monoisotopic (exact) mass is 869 g/mol. The van der Waals surface area contributed by atoms with E-state index in [9.17, 15) is 19.2 Å². The first kappa shape index (κ1) is 47.2. The minimum absolute atomic E-state index is 0.00556. The fourth-order valence-corrected chi connectivity index (χ4v) is 15.2. The molecule has 6 fully saturated rings. The van der Waals surface area contributed by atoms with Crippen molar-refractivity contribution in [2.45, 2.75) is 189 Å². The largest absolute Gasteiger partial charge is 0.462 e. The number of ether oxygens (including phenoxy) is 2. The molecule has 0 bridgehead atoms. The van der Waals surface area contributed by atoms with Crippen LogP contribution in [0.4, 0.5) is 4.79 Å². The van der Waals surface area contributed by atoms with Crippen LogP contribution in [0.5, 0.6) is 0 Å². The van der Waals surface area contributed by atoms with Crippen LogP contribution < -0.4 is 10.6 Å². The van der Waals surface area contributed by atoms with Crippen molar-refractivity contribution in [3.8, 4) is 0 Å². The van der Waals surface area contributed by atoms with Crippen molar-refractivity contribution >= 4 is 29.9 Å². The van der Waals surface area contributed by atoms with E-state index in [1.54, 1.807) is 0 Å². The van der Waals surface area contributed by atoms with Gasteiger partial charge in [-0.25, -0.2) is 4.79 Å². The molecule has 346 valence electrons. The van der Waals surface area contributed by atoms with E-state index >= 15 is 0 Å². The number of alkyl carbamates (subject to hydrolysis) is 1. The standard InChI is InChI=1S/C52H76N2O6.CO2/c1-31(2)40-36(55)30-52(53-43(57)51(26-27-51)54-44(58)60-45(3,4)5)25-24-49(11)34(41(40)52)18-19-38-48(10)22-21-39(47(8,9)37(48)20-23-50(38,49)12)59-42(56)35-29-33(46(35,6)7)28-32-16-14-13-15-17-32;2-1-3/h13-17,31,33-35,37-39H,18-30H2,1-12H3,(H,53,57)(H,54,58);/t33-,34+,35-,37-,38+,39-,48-,49+,50+,52+;/m0./s1. The Hall–Kier alpha value is -3.78. The van der Waals surface area contributed by atoms with Crippen LogP contribution in [-0.2, 0) is 39.9 Å². The van der Waals surface area contributed by atoms with Gasteiger partial charge in [-0.15, -0.1) is 0 Å². The number of carbonyl (C=O) groups excluding carboxylic acids is 6. The normalized spacial score (nSPS) is 37.8. The van der Waals surface area contributed by atoms with Crippen molar-refractivity contribution in [1.29, 1.82) is 0 Å². The summed E-state index contributed by atoms with van der Waals surface area (Å²) in [5.74, 6) is 1.58. The predicted octanol–water partition coefficient (Wildman–Crippen LogP) is 10.1. The summed E-state index contributed by atoms with van der Waals surface area (Å²) in [6.07, 6.45) is 10.8. The summed E-state index contributed by atoms with van der Waals surface area (Å²) in [6.45, 7) is 26.7. The number of fused-ring (bicyclic) bond motifs is 7. The molecule has 0 unspecified atom stereocenters. The van der Waals surface area contributed by atoms with Gasteiger partial charge < -0.3 is 20.1 Å². The molecule has 10 atom stereocenters. The number of allylic oxidation sites excluding steroid dienone is 1. The third kappa shape index (κ3) is 7.74. The van der Waals surface area contributed by atoms with Gasteiger partial charge in [0.1, 0.15) is 17.2 Å². The first-order chi connectivity index (χ1) is 29.2. The molecule has 10 heteroatoms. The van der Waals surface area contributed by atoms with Crippen LogP contribution in [0, 0.1) is 62.6 Å². The molecule has 2 amide bonds. The zero-order valence-electron chi connectivity index (χ0n) is 40.4. The molecule has 0 aromatic heterocycles. The molecule has 0 saturated heterocycles. The highest BCUT2D eigenvalue weighted by molar-refractivity contribution is 6.03. The zero-order valence-corrected chi connectivity index (χ0v) is 40.4. The van der Waals surface area contributed by atoms with E-state index in [0.29, 0.717) is 37.0 Å². The Morgan fingerprint density at radius 3 is 2.03 bits per heavy atom. The van der Waals surface area contributed by atoms with E-state index in [4.69, 9.17) is 19.1 Å². The lowest BCUT2D eigenvalue weighted by Crippen LogP contribution is -2.68. The molecular formula is C53H76N2O8. The van der Waals surface area contributed by atoms with Crippen molar-refractivity contribution < 1.29 is 38.2 Å². The molecule has 0 radical (unpaired) electrons. The molecule has 7 aliphatic carbocycles. The van der Waals surface area contributed by atoms with E-state index in [2.05, 4.69) is 103 Å². The van der Waals surface area contributed by atoms with Crippen LogP contribution in [-0.4, -0.2) is 52.7 Å². The van der Waals surface area contributed by atoms with E-state index < -0.39 is 22.8 Å². The van der Waals surface area contributed by atoms with Gasteiger partial charge in [0, 0.05) is 11.8 Å². The second kappa shape index (κ2) is 16.0. The van der Waals surface area contributed by atoms with E-state index in [1.807, 2.05) is 20.8 Å². The molecule has 0 spiro atoms. The smallest absolute Gasteiger partial charge is 0.408 e. The zero-order chi connectivity index (χ0) is 46.3. The van der Waals surface area contributed by atoms with Gasteiger partial charge in [-0.2, -0.15) is 9.59 Å². The van der Waals surface area contributed by atoms with Crippen LogP contribution in [0.3, 0.4) is 0 Å². The summed E-state index contributed by atoms with van der Waals surface area (Å²) in [4.78, 5) is 71.7. The molecule has 0 heterocycles. The van der Waals surface area contributed by atoms with Crippen molar-refractivity contribution in [2.24, 2.45) is 62.6 Å². The Balaban J connectivity index is 0.00000193. The van der Waals surface area contributed by atoms with Gasteiger partial charge in [0.2, 0.25) is 5.91 Å². The van der Waals surface area contributed by atoms with Gasteiger partial charge in [-0.05, 0) is 166 Å². The van der Waals surface area contributed by atoms with Crippen LogP contribution in [0.2, 0.25) is 0 Å². The summed E-state index contributed by atoms with van der Waals surface area (Å²) in [5.41, 5.74) is 0.918. The molecular weight excluding hydrogens is 793 g/mol. The molecule has 1 aromatic rings. The number of amides is 2. The molecule has 0 aliphatic heterocycles. The average molecular weight is 869 g/mol. The molecule has 8 rings (SSSR count). The Labute approximate surface area is 376 Å². The molecule has 7 aliphatic rings. The minimum Gasteiger partial charge on any atom is -0.462 e. The Morgan fingerprint density at radius 2 is 1.44 bits per heavy atom. The van der Waals surface area contributed by atoms with Crippen LogP contribution in [0.15, 0.2) is 41.5 Å². The second-order valence-electron chi connectivity index (χ2n) is 24.3. The Morgan fingerprint density at radius 1 is 0.794 bits per heavy atom. The lowest BCUT2D eigenvalue weighted by molar-refractivity contribution is -0.235. The number of hydrogen-bond donors (Lipinski definition) is 2. The first-order valence-corrected chi connectivity index (χ1v) is 24.1. The number of nitrogens with one attached hydrogen (secondary N) is 2. The van der Waals surface area contributed by atoms with Crippen molar-refractivity contribution in [2.75, 3.05) is 0 Å².